The van der Waals surface area contributed by atoms with Gasteiger partial charge < -0.3 is 9.84 Å². The number of esters is 1. The van der Waals surface area contributed by atoms with Crippen molar-refractivity contribution in [3.05, 3.63) is 48.0 Å². The molecule has 3 heteroatoms. The number of hydrogen-bond donors (Lipinski definition) is 1. The highest BCUT2D eigenvalue weighted by molar-refractivity contribution is 5.89. The Morgan fingerprint density at radius 3 is 2.62 bits per heavy atom. The molecule has 0 bridgehead atoms. The molecule has 132 valence electrons. The molecule has 1 aliphatic carbocycles. The predicted octanol–water partition coefficient (Wildman–Crippen LogP) is 4.90. The minimum atomic E-state index is -0.247. The van der Waals surface area contributed by atoms with E-state index in [1.165, 1.54) is 19.3 Å². The molecule has 0 spiro atoms. The van der Waals surface area contributed by atoms with E-state index in [1.54, 1.807) is 12.1 Å². The maximum absolute atomic E-state index is 12.4. The van der Waals surface area contributed by atoms with E-state index in [9.17, 15) is 9.90 Å². The van der Waals surface area contributed by atoms with E-state index in [0.717, 1.165) is 32.1 Å². The highest BCUT2D eigenvalue weighted by Crippen LogP contribution is 2.29. The first kappa shape index (κ1) is 18.7. The van der Waals surface area contributed by atoms with Gasteiger partial charge >= 0.3 is 5.97 Å². The molecule has 1 fully saturated rings. The topological polar surface area (TPSA) is 46.5 Å². The zero-order chi connectivity index (χ0) is 17.2. The number of rotatable bonds is 8. The molecule has 1 aromatic carbocycles. The first-order valence-electron chi connectivity index (χ1n) is 9.27. The van der Waals surface area contributed by atoms with Gasteiger partial charge in [-0.3, -0.25) is 0 Å². The first-order chi connectivity index (χ1) is 11.7. The van der Waals surface area contributed by atoms with Crippen LogP contribution in [0.25, 0.3) is 0 Å². The van der Waals surface area contributed by atoms with E-state index < -0.39 is 0 Å². The molecule has 3 nitrogen and oxygen atoms in total. The van der Waals surface area contributed by atoms with Crippen molar-refractivity contribution in [1.82, 2.24) is 0 Å². The first-order valence-corrected chi connectivity index (χ1v) is 9.27. The van der Waals surface area contributed by atoms with Crippen molar-refractivity contribution >= 4 is 5.97 Å². The lowest BCUT2D eigenvalue weighted by Crippen LogP contribution is -2.27. The number of carbonyl (C=O) groups is 1. The quantitative estimate of drug-likeness (QED) is 0.419. The van der Waals surface area contributed by atoms with Crippen LogP contribution in [0, 0.1) is 5.92 Å². The van der Waals surface area contributed by atoms with Crippen LogP contribution in [0.5, 0.6) is 0 Å². The van der Waals surface area contributed by atoms with E-state index in [4.69, 9.17) is 4.74 Å². The molecule has 0 saturated heterocycles. The van der Waals surface area contributed by atoms with Gasteiger partial charge in [0.1, 0.15) is 6.10 Å². The summed E-state index contributed by atoms with van der Waals surface area (Å²) in [6.07, 6.45) is 12.5. The SMILES string of the molecule is C[C@H](O)CCC/C=C/[C@@H](OC(=O)c1ccccc1)C1CCCCC1. The molecule has 0 radical (unpaired) electrons. The molecule has 1 N–H and O–H groups in total. The van der Waals surface area contributed by atoms with Crippen molar-refractivity contribution in [2.45, 2.75) is 70.5 Å². The Hall–Kier alpha value is -1.61. The third-order valence-corrected chi connectivity index (χ3v) is 4.69. The molecule has 2 rings (SSSR count). The number of aliphatic hydroxyl groups excluding tert-OH is 1. The van der Waals surface area contributed by atoms with Gasteiger partial charge in [-0.05, 0) is 63.2 Å². The smallest absolute Gasteiger partial charge is 0.338 e. The fraction of sp³-hybridized carbons (Fsp3) is 0.571. The van der Waals surface area contributed by atoms with Crippen LogP contribution in [-0.2, 0) is 4.74 Å². The van der Waals surface area contributed by atoms with Crippen LogP contribution in [0.15, 0.2) is 42.5 Å². The average Bonchev–Trinajstić information content (AvgIpc) is 2.61. The van der Waals surface area contributed by atoms with Gasteiger partial charge in [0.05, 0.1) is 11.7 Å². The second-order valence-corrected chi connectivity index (χ2v) is 6.84. The number of ether oxygens (including phenoxy) is 1. The Bertz CT molecular complexity index is 501. The number of benzene rings is 1. The van der Waals surface area contributed by atoms with Crippen LogP contribution >= 0.6 is 0 Å². The molecule has 0 unspecified atom stereocenters. The largest absolute Gasteiger partial charge is 0.454 e. The number of carbonyl (C=O) groups excluding carboxylic acids is 1. The zero-order valence-electron chi connectivity index (χ0n) is 14.7. The van der Waals surface area contributed by atoms with E-state index >= 15 is 0 Å². The van der Waals surface area contributed by atoms with Gasteiger partial charge in [-0.2, -0.15) is 0 Å². The fourth-order valence-electron chi connectivity index (χ4n) is 3.28. The van der Waals surface area contributed by atoms with Crippen LogP contribution in [0.3, 0.4) is 0 Å². The molecule has 0 heterocycles. The monoisotopic (exact) mass is 330 g/mol. The summed E-state index contributed by atoms with van der Waals surface area (Å²) < 4.78 is 5.83. The Labute approximate surface area is 145 Å². The van der Waals surface area contributed by atoms with Gasteiger partial charge in [-0.15, -0.1) is 0 Å². The van der Waals surface area contributed by atoms with Crippen LogP contribution < -0.4 is 0 Å². The lowest BCUT2D eigenvalue weighted by Gasteiger charge is -2.28. The van der Waals surface area contributed by atoms with E-state index in [-0.39, 0.29) is 18.2 Å². The van der Waals surface area contributed by atoms with Gasteiger partial charge in [0.25, 0.3) is 0 Å². The van der Waals surface area contributed by atoms with Gasteiger partial charge in [0.15, 0.2) is 0 Å². The lowest BCUT2D eigenvalue weighted by molar-refractivity contribution is 0.0226. The standard InChI is InChI=1S/C21H30O3/c1-17(22)11-5-2-10-16-20(18-12-6-3-7-13-18)24-21(23)19-14-8-4-9-15-19/h4,8-10,14-18,20,22H,2-3,5-7,11-13H2,1H3/b16-10+/t17-,20+/m0/s1. The van der Waals surface area contributed by atoms with Gasteiger partial charge in [-0.25, -0.2) is 4.79 Å². The van der Waals surface area contributed by atoms with E-state index in [0.29, 0.717) is 11.5 Å². The minimum absolute atomic E-state index is 0.135. The summed E-state index contributed by atoms with van der Waals surface area (Å²) in [5.41, 5.74) is 0.612. The lowest BCUT2D eigenvalue weighted by atomic mass is 9.85. The second kappa shape index (κ2) is 10.3. The number of allylic oxidation sites excluding steroid dienone is 1. The van der Waals surface area contributed by atoms with Gasteiger partial charge in [0, 0.05) is 0 Å². The Morgan fingerprint density at radius 1 is 1.25 bits per heavy atom. The van der Waals surface area contributed by atoms with Crippen LogP contribution in [0.2, 0.25) is 0 Å². The van der Waals surface area contributed by atoms with Crippen molar-refractivity contribution < 1.29 is 14.6 Å². The molecule has 2 atom stereocenters. The fourth-order valence-corrected chi connectivity index (χ4v) is 3.28. The van der Waals surface area contributed by atoms with Crippen molar-refractivity contribution in [1.29, 1.82) is 0 Å². The molecule has 1 aromatic rings. The number of hydrogen-bond acceptors (Lipinski definition) is 3. The van der Waals surface area contributed by atoms with Crippen molar-refractivity contribution in [2.24, 2.45) is 5.92 Å². The Balaban J connectivity index is 1.94. The molecule has 0 amide bonds. The summed E-state index contributed by atoms with van der Waals surface area (Å²) in [5, 5.41) is 9.32. The van der Waals surface area contributed by atoms with Gasteiger partial charge in [-0.1, -0.05) is 43.5 Å². The average molecular weight is 330 g/mol. The third-order valence-electron chi connectivity index (χ3n) is 4.69. The van der Waals surface area contributed by atoms with Crippen molar-refractivity contribution in [3.63, 3.8) is 0 Å². The molecule has 24 heavy (non-hydrogen) atoms. The Kier molecular flexibility index (Phi) is 8.03. The minimum Gasteiger partial charge on any atom is -0.454 e. The summed E-state index contributed by atoms with van der Waals surface area (Å²) in [5.74, 6) is 0.194. The van der Waals surface area contributed by atoms with Crippen LogP contribution in [0.4, 0.5) is 0 Å². The summed E-state index contributed by atoms with van der Waals surface area (Å²) in [7, 11) is 0. The summed E-state index contributed by atoms with van der Waals surface area (Å²) >= 11 is 0. The maximum atomic E-state index is 12.4. The number of aliphatic hydroxyl groups is 1. The van der Waals surface area contributed by atoms with Crippen LogP contribution in [0.1, 0.15) is 68.6 Å². The number of unbranched alkanes of at least 4 members (excludes halogenated alkanes) is 1. The Morgan fingerprint density at radius 2 is 1.96 bits per heavy atom. The maximum Gasteiger partial charge on any atom is 0.338 e. The summed E-state index contributed by atoms with van der Waals surface area (Å²) in [6, 6.07) is 9.22. The van der Waals surface area contributed by atoms with Crippen LogP contribution in [-0.4, -0.2) is 23.3 Å². The summed E-state index contributed by atoms with van der Waals surface area (Å²) in [4.78, 5) is 12.4. The molecular formula is C21H30O3. The molecule has 1 aliphatic rings. The molecule has 0 aliphatic heterocycles. The molecule has 1 saturated carbocycles. The zero-order valence-corrected chi connectivity index (χ0v) is 14.7. The normalized spacial score (nSPS) is 18.4. The van der Waals surface area contributed by atoms with Crippen molar-refractivity contribution in [2.75, 3.05) is 0 Å². The van der Waals surface area contributed by atoms with E-state index in [1.807, 2.05) is 25.1 Å². The van der Waals surface area contributed by atoms with Gasteiger partial charge in [0.2, 0.25) is 0 Å². The predicted molar refractivity (Wildman–Crippen MR) is 96.9 cm³/mol. The summed E-state index contributed by atoms with van der Waals surface area (Å²) in [6.45, 7) is 1.82. The third kappa shape index (κ3) is 6.48. The highest BCUT2D eigenvalue weighted by atomic mass is 16.5. The van der Waals surface area contributed by atoms with Crippen molar-refractivity contribution in [3.8, 4) is 0 Å². The second-order valence-electron chi connectivity index (χ2n) is 6.84. The highest BCUT2D eigenvalue weighted by Gasteiger charge is 2.25. The molecular weight excluding hydrogens is 300 g/mol. The van der Waals surface area contributed by atoms with E-state index in [2.05, 4.69) is 12.2 Å². The molecule has 0 aromatic heterocycles.